The first-order valence-electron chi connectivity index (χ1n) is 13.6. The van der Waals surface area contributed by atoms with Gasteiger partial charge in [-0.25, -0.2) is 0 Å². The van der Waals surface area contributed by atoms with Crippen LogP contribution in [0.3, 0.4) is 0 Å². The molecule has 4 heterocycles. The number of fused-ring (bicyclic) bond motifs is 2. The third-order valence-electron chi connectivity index (χ3n) is 8.08. The molecule has 1 aromatic heterocycles. The summed E-state index contributed by atoms with van der Waals surface area (Å²) < 4.78 is 8.12. The number of aromatic nitrogens is 1. The number of anilines is 1. The minimum atomic E-state index is -0.390. The summed E-state index contributed by atoms with van der Waals surface area (Å²) >= 11 is 6.32. The number of hydrogen-bond donors (Lipinski definition) is 2. The fourth-order valence-electron chi connectivity index (χ4n) is 5.94. The molecule has 2 saturated heterocycles. The molecular weight excluding hydrogens is 518 g/mol. The minimum absolute atomic E-state index is 0.0222. The summed E-state index contributed by atoms with van der Waals surface area (Å²) in [4.78, 5) is 43.7. The number of hydrogen-bond acceptors (Lipinski definition) is 6. The molecule has 0 atom stereocenters. The van der Waals surface area contributed by atoms with E-state index < -0.39 is 5.91 Å². The Morgan fingerprint density at radius 3 is 2.56 bits per heavy atom. The fraction of sp³-hybridized carbons (Fsp3) is 0.414. The van der Waals surface area contributed by atoms with Gasteiger partial charge in [-0.15, -0.1) is 0 Å². The third-order valence-corrected chi connectivity index (χ3v) is 8.32. The number of likely N-dealkylation sites (tertiary alicyclic amines) is 1. The molecule has 2 amide bonds. The van der Waals surface area contributed by atoms with Crippen LogP contribution < -0.4 is 25.7 Å². The second-order valence-corrected chi connectivity index (χ2v) is 10.9. The lowest BCUT2D eigenvalue weighted by molar-refractivity contribution is -0.125. The van der Waals surface area contributed by atoms with Crippen LogP contribution in [0.15, 0.2) is 41.3 Å². The van der Waals surface area contributed by atoms with Gasteiger partial charge in [-0.05, 0) is 63.0 Å². The molecule has 10 heteroatoms. The minimum Gasteiger partial charge on any atom is -0.453 e. The Bertz CT molecular complexity index is 1510. The van der Waals surface area contributed by atoms with Crippen LogP contribution in [0.5, 0.6) is 11.5 Å². The van der Waals surface area contributed by atoms with E-state index >= 15 is 0 Å². The SMILES string of the molecule is CNC(=O)C1CCN(c2cc3c4c(c2)c(=O)c(C(=O)NCCN2CCCC2)cn4-c2cc(Cl)ccc2O3)CC1. The smallest absolute Gasteiger partial charge is 0.256 e. The van der Waals surface area contributed by atoms with Gasteiger partial charge in [0.2, 0.25) is 11.3 Å². The Kier molecular flexibility index (Phi) is 6.95. The molecule has 39 heavy (non-hydrogen) atoms. The van der Waals surface area contributed by atoms with Gasteiger partial charge < -0.3 is 29.7 Å². The molecule has 0 aliphatic carbocycles. The molecule has 0 spiro atoms. The summed E-state index contributed by atoms with van der Waals surface area (Å²) in [5, 5.41) is 6.63. The van der Waals surface area contributed by atoms with E-state index in [0.29, 0.717) is 52.7 Å². The van der Waals surface area contributed by atoms with Crippen molar-refractivity contribution in [2.45, 2.75) is 25.7 Å². The van der Waals surface area contributed by atoms with Crippen LogP contribution in [0.4, 0.5) is 5.69 Å². The van der Waals surface area contributed by atoms with Gasteiger partial charge in [0.25, 0.3) is 5.91 Å². The largest absolute Gasteiger partial charge is 0.453 e. The normalized spacial score (nSPS) is 17.1. The zero-order valence-electron chi connectivity index (χ0n) is 22.0. The van der Waals surface area contributed by atoms with Crippen molar-refractivity contribution in [3.63, 3.8) is 0 Å². The van der Waals surface area contributed by atoms with Crippen molar-refractivity contribution < 1.29 is 14.3 Å². The van der Waals surface area contributed by atoms with Gasteiger partial charge in [0.1, 0.15) is 11.1 Å². The molecule has 2 N–H and O–H groups in total. The number of halogens is 1. The Morgan fingerprint density at radius 2 is 1.82 bits per heavy atom. The highest BCUT2D eigenvalue weighted by molar-refractivity contribution is 6.30. The first-order chi connectivity index (χ1) is 18.9. The van der Waals surface area contributed by atoms with Crippen molar-refractivity contribution in [1.29, 1.82) is 0 Å². The van der Waals surface area contributed by atoms with Crippen LogP contribution >= 0.6 is 11.6 Å². The quantitative estimate of drug-likeness (QED) is 0.382. The van der Waals surface area contributed by atoms with Crippen LogP contribution in [0, 0.1) is 5.92 Å². The summed E-state index contributed by atoms with van der Waals surface area (Å²) in [6.45, 7) is 4.69. The van der Waals surface area contributed by atoms with E-state index in [1.165, 1.54) is 12.8 Å². The number of benzene rings is 2. The summed E-state index contributed by atoms with van der Waals surface area (Å²) in [5.74, 6) is 0.783. The average molecular weight is 550 g/mol. The highest BCUT2D eigenvalue weighted by Crippen LogP contribution is 2.43. The Morgan fingerprint density at radius 1 is 1.05 bits per heavy atom. The average Bonchev–Trinajstić information content (AvgIpc) is 3.47. The van der Waals surface area contributed by atoms with Crippen molar-refractivity contribution in [2.75, 3.05) is 51.2 Å². The van der Waals surface area contributed by atoms with Crippen LogP contribution in [0.1, 0.15) is 36.0 Å². The Labute approximate surface area is 231 Å². The summed E-state index contributed by atoms with van der Waals surface area (Å²) in [6, 6.07) is 9.10. The first kappa shape index (κ1) is 25.7. The number of carbonyl (C=O) groups excluding carboxylic acids is 2. The molecule has 9 nitrogen and oxygen atoms in total. The zero-order chi connectivity index (χ0) is 27.1. The van der Waals surface area contributed by atoms with Crippen molar-refractivity contribution in [3.8, 4) is 17.2 Å². The molecule has 3 aliphatic rings. The first-order valence-corrected chi connectivity index (χ1v) is 14.0. The molecule has 0 radical (unpaired) electrons. The van der Waals surface area contributed by atoms with E-state index in [0.717, 1.165) is 38.2 Å². The maximum absolute atomic E-state index is 13.8. The van der Waals surface area contributed by atoms with Crippen LogP contribution in [0.25, 0.3) is 16.6 Å². The number of ether oxygens (including phenoxy) is 1. The number of carbonyl (C=O) groups is 2. The molecule has 3 aliphatic heterocycles. The fourth-order valence-corrected chi connectivity index (χ4v) is 6.11. The molecule has 204 valence electrons. The van der Waals surface area contributed by atoms with Crippen LogP contribution in [-0.4, -0.2) is 67.6 Å². The van der Waals surface area contributed by atoms with Crippen LogP contribution in [-0.2, 0) is 4.79 Å². The van der Waals surface area contributed by atoms with Gasteiger partial charge in [0.15, 0.2) is 11.5 Å². The number of nitrogens with zero attached hydrogens (tertiary/aromatic N) is 3. The summed E-state index contributed by atoms with van der Waals surface area (Å²) in [6.07, 6.45) is 5.41. The molecular formula is C29H32ClN5O4. The van der Waals surface area contributed by atoms with Crippen molar-refractivity contribution in [1.82, 2.24) is 20.1 Å². The van der Waals surface area contributed by atoms with Gasteiger partial charge >= 0.3 is 0 Å². The highest BCUT2D eigenvalue weighted by Gasteiger charge is 2.28. The molecule has 0 unspecified atom stereocenters. The van der Waals surface area contributed by atoms with Crippen molar-refractivity contribution in [3.05, 3.63) is 57.3 Å². The Balaban J connectivity index is 1.39. The van der Waals surface area contributed by atoms with E-state index in [2.05, 4.69) is 20.4 Å². The van der Waals surface area contributed by atoms with Gasteiger partial charge in [-0.2, -0.15) is 0 Å². The number of piperidine rings is 1. The van der Waals surface area contributed by atoms with E-state index in [1.807, 2.05) is 16.7 Å². The Hall–Kier alpha value is -3.56. The lowest BCUT2D eigenvalue weighted by Gasteiger charge is -2.34. The van der Waals surface area contributed by atoms with E-state index in [-0.39, 0.29) is 22.8 Å². The molecule has 2 aromatic carbocycles. The van der Waals surface area contributed by atoms with Gasteiger partial charge in [-0.3, -0.25) is 14.4 Å². The summed E-state index contributed by atoms with van der Waals surface area (Å²) in [7, 11) is 1.66. The third kappa shape index (κ3) is 4.85. The lowest BCUT2D eigenvalue weighted by atomic mass is 9.95. The number of rotatable bonds is 6. The molecule has 2 fully saturated rings. The molecule has 0 saturated carbocycles. The molecule has 6 rings (SSSR count). The maximum Gasteiger partial charge on any atom is 0.256 e. The van der Waals surface area contributed by atoms with Gasteiger partial charge in [0, 0.05) is 62.1 Å². The lowest BCUT2D eigenvalue weighted by Crippen LogP contribution is -2.39. The second-order valence-electron chi connectivity index (χ2n) is 10.5. The highest BCUT2D eigenvalue weighted by atomic mass is 35.5. The second kappa shape index (κ2) is 10.5. The topological polar surface area (TPSA) is 95.9 Å². The van der Waals surface area contributed by atoms with E-state index in [4.69, 9.17) is 16.3 Å². The van der Waals surface area contributed by atoms with Crippen molar-refractivity contribution >= 4 is 40.0 Å². The molecule has 0 bridgehead atoms. The van der Waals surface area contributed by atoms with Gasteiger partial charge in [0.05, 0.1) is 11.1 Å². The number of pyridine rings is 1. The maximum atomic E-state index is 13.8. The predicted molar refractivity (Wildman–Crippen MR) is 152 cm³/mol. The molecule has 3 aromatic rings. The number of nitrogens with one attached hydrogen (secondary N) is 2. The van der Waals surface area contributed by atoms with Crippen LogP contribution in [0.2, 0.25) is 5.02 Å². The van der Waals surface area contributed by atoms with E-state index in [9.17, 15) is 14.4 Å². The zero-order valence-corrected chi connectivity index (χ0v) is 22.7. The number of amides is 2. The summed E-state index contributed by atoms with van der Waals surface area (Å²) in [5.41, 5.74) is 1.86. The van der Waals surface area contributed by atoms with Crippen molar-refractivity contribution in [2.24, 2.45) is 5.92 Å². The monoisotopic (exact) mass is 549 g/mol. The van der Waals surface area contributed by atoms with Gasteiger partial charge in [-0.1, -0.05) is 11.6 Å². The standard InChI is InChI=1S/C29H32ClN5O4/c1-31-28(37)18-6-11-34(12-7-18)20-15-21-26-25(16-20)39-24-5-4-19(30)14-23(24)35(26)17-22(27(21)36)29(38)32-8-13-33-9-2-3-10-33/h4-5,14-18H,2-3,6-13H2,1H3,(H,31,37)(H,32,38). The van der Waals surface area contributed by atoms with E-state index in [1.54, 1.807) is 31.4 Å². The predicted octanol–water partition coefficient (Wildman–Crippen LogP) is 3.54.